The van der Waals surface area contributed by atoms with Gasteiger partial charge in [0.1, 0.15) is 11.6 Å². The van der Waals surface area contributed by atoms with Crippen molar-refractivity contribution in [2.45, 2.75) is 32.6 Å². The van der Waals surface area contributed by atoms with Crippen LogP contribution in [0.1, 0.15) is 38.2 Å². The molecule has 1 aliphatic rings. The minimum absolute atomic E-state index is 0.0300. The quantitative estimate of drug-likeness (QED) is 0.676. The summed E-state index contributed by atoms with van der Waals surface area (Å²) in [5.74, 6) is 0.165. The first-order chi connectivity index (χ1) is 7.51. The molecule has 0 heterocycles. The van der Waals surface area contributed by atoms with Crippen molar-refractivity contribution in [3.8, 4) is 0 Å². The van der Waals surface area contributed by atoms with Crippen LogP contribution in [0.15, 0.2) is 30.3 Å². The van der Waals surface area contributed by atoms with Crippen LogP contribution < -0.4 is 0 Å². The van der Waals surface area contributed by atoms with Crippen LogP contribution >= 0.6 is 0 Å². The Hall–Kier alpha value is -1.44. The van der Waals surface area contributed by atoms with Gasteiger partial charge in [-0.1, -0.05) is 44.2 Å². The molecule has 0 spiro atoms. The molecule has 16 heavy (non-hydrogen) atoms. The van der Waals surface area contributed by atoms with Gasteiger partial charge in [0.2, 0.25) is 0 Å². The Labute approximate surface area is 95.7 Å². The summed E-state index contributed by atoms with van der Waals surface area (Å²) in [4.78, 5) is 23.4. The lowest BCUT2D eigenvalue weighted by Crippen LogP contribution is -2.39. The maximum atomic E-state index is 11.9. The van der Waals surface area contributed by atoms with Crippen LogP contribution in [-0.2, 0) is 9.59 Å². The van der Waals surface area contributed by atoms with E-state index in [0.717, 1.165) is 5.56 Å². The van der Waals surface area contributed by atoms with Gasteiger partial charge in [0.05, 0.1) is 6.42 Å². The SMILES string of the molecule is CC1(C)C(=O)CC(=O)CC1c1ccccc1. The van der Waals surface area contributed by atoms with Crippen LogP contribution in [0.25, 0.3) is 0 Å². The molecule has 1 atom stereocenters. The monoisotopic (exact) mass is 216 g/mol. The molecule has 2 rings (SSSR count). The van der Waals surface area contributed by atoms with Crippen molar-refractivity contribution < 1.29 is 9.59 Å². The minimum Gasteiger partial charge on any atom is -0.299 e. The Bertz CT molecular complexity index is 418. The number of benzene rings is 1. The molecule has 1 aromatic carbocycles. The third-order valence-electron chi connectivity index (χ3n) is 3.58. The average molecular weight is 216 g/mol. The van der Waals surface area contributed by atoms with E-state index >= 15 is 0 Å². The number of carbonyl (C=O) groups is 2. The Morgan fingerprint density at radius 3 is 2.38 bits per heavy atom. The maximum absolute atomic E-state index is 11.9. The molecule has 84 valence electrons. The van der Waals surface area contributed by atoms with Crippen molar-refractivity contribution in [1.82, 2.24) is 0 Å². The van der Waals surface area contributed by atoms with E-state index in [0.29, 0.717) is 6.42 Å². The van der Waals surface area contributed by atoms with Crippen molar-refractivity contribution >= 4 is 11.6 Å². The number of hydrogen-bond acceptors (Lipinski definition) is 2. The number of hydrogen-bond donors (Lipinski definition) is 0. The molecular weight excluding hydrogens is 200 g/mol. The van der Waals surface area contributed by atoms with E-state index in [-0.39, 0.29) is 23.9 Å². The maximum Gasteiger partial charge on any atom is 0.146 e. The van der Waals surface area contributed by atoms with Crippen LogP contribution in [0.3, 0.4) is 0 Å². The fraction of sp³-hybridized carbons (Fsp3) is 0.429. The van der Waals surface area contributed by atoms with Crippen molar-refractivity contribution in [3.63, 3.8) is 0 Å². The summed E-state index contributed by atoms with van der Waals surface area (Å²) in [6.07, 6.45) is 0.596. The molecule has 1 unspecified atom stereocenters. The van der Waals surface area contributed by atoms with Gasteiger partial charge in [-0.2, -0.15) is 0 Å². The molecule has 0 saturated heterocycles. The van der Waals surface area contributed by atoms with Crippen molar-refractivity contribution in [2.75, 3.05) is 0 Å². The summed E-state index contributed by atoms with van der Waals surface area (Å²) in [5.41, 5.74) is 0.670. The van der Waals surface area contributed by atoms with Crippen LogP contribution in [0, 0.1) is 5.41 Å². The Balaban J connectivity index is 2.39. The van der Waals surface area contributed by atoms with Gasteiger partial charge in [-0.05, 0) is 5.56 Å². The number of Topliss-reactive ketones (excluding diaryl/α,β-unsaturated/α-hetero) is 2. The second-order valence-electron chi connectivity index (χ2n) is 5.03. The van der Waals surface area contributed by atoms with Crippen LogP contribution in [0.4, 0.5) is 0 Å². The summed E-state index contributed by atoms with van der Waals surface area (Å²) in [6, 6.07) is 9.85. The number of ketones is 2. The zero-order valence-corrected chi connectivity index (χ0v) is 9.69. The van der Waals surface area contributed by atoms with E-state index in [1.807, 2.05) is 44.2 Å². The minimum atomic E-state index is -0.421. The van der Waals surface area contributed by atoms with Crippen molar-refractivity contribution in [2.24, 2.45) is 5.41 Å². The Morgan fingerprint density at radius 1 is 1.12 bits per heavy atom. The summed E-state index contributed by atoms with van der Waals surface area (Å²) < 4.78 is 0. The van der Waals surface area contributed by atoms with Gasteiger partial charge >= 0.3 is 0 Å². The molecule has 1 fully saturated rings. The molecule has 0 radical (unpaired) electrons. The summed E-state index contributed by atoms with van der Waals surface area (Å²) >= 11 is 0. The van der Waals surface area contributed by atoms with Crippen molar-refractivity contribution in [1.29, 1.82) is 0 Å². The smallest absolute Gasteiger partial charge is 0.146 e. The van der Waals surface area contributed by atoms with E-state index in [1.54, 1.807) is 0 Å². The van der Waals surface area contributed by atoms with Gasteiger partial charge in [-0.15, -0.1) is 0 Å². The topological polar surface area (TPSA) is 34.1 Å². The van der Waals surface area contributed by atoms with Crippen LogP contribution in [0.2, 0.25) is 0 Å². The van der Waals surface area contributed by atoms with E-state index in [9.17, 15) is 9.59 Å². The largest absolute Gasteiger partial charge is 0.299 e. The second-order valence-corrected chi connectivity index (χ2v) is 5.03. The standard InChI is InChI=1S/C14H16O2/c1-14(2)12(8-11(15)9-13(14)16)10-6-4-3-5-7-10/h3-7,12H,8-9H2,1-2H3. The first-order valence-corrected chi connectivity index (χ1v) is 5.62. The van der Waals surface area contributed by atoms with Crippen LogP contribution in [0.5, 0.6) is 0 Å². The zero-order valence-electron chi connectivity index (χ0n) is 9.69. The highest BCUT2D eigenvalue weighted by atomic mass is 16.2. The Morgan fingerprint density at radius 2 is 1.75 bits per heavy atom. The summed E-state index contributed by atoms with van der Waals surface area (Å²) in [5, 5.41) is 0. The van der Waals surface area contributed by atoms with Gasteiger partial charge in [0.25, 0.3) is 0 Å². The van der Waals surface area contributed by atoms with Gasteiger partial charge in [-0.3, -0.25) is 9.59 Å². The average Bonchev–Trinajstić information content (AvgIpc) is 2.25. The second kappa shape index (κ2) is 3.85. The van der Waals surface area contributed by atoms with E-state index in [4.69, 9.17) is 0 Å². The first kappa shape index (κ1) is 11.1. The molecule has 0 aromatic heterocycles. The van der Waals surface area contributed by atoms with Crippen LogP contribution in [-0.4, -0.2) is 11.6 Å². The molecular formula is C14H16O2. The third kappa shape index (κ3) is 1.80. The molecule has 1 aromatic rings. The van der Waals surface area contributed by atoms with Crippen molar-refractivity contribution in [3.05, 3.63) is 35.9 Å². The van der Waals surface area contributed by atoms with E-state index < -0.39 is 5.41 Å². The molecule has 0 bridgehead atoms. The highest BCUT2D eigenvalue weighted by Crippen LogP contribution is 2.43. The zero-order chi connectivity index (χ0) is 11.8. The van der Waals surface area contributed by atoms with Gasteiger partial charge in [0, 0.05) is 17.8 Å². The molecule has 0 N–H and O–H groups in total. The molecule has 2 heteroatoms. The van der Waals surface area contributed by atoms with E-state index in [2.05, 4.69) is 0 Å². The number of carbonyl (C=O) groups excluding carboxylic acids is 2. The number of rotatable bonds is 1. The lowest BCUT2D eigenvalue weighted by atomic mass is 9.65. The lowest BCUT2D eigenvalue weighted by Gasteiger charge is -2.36. The highest BCUT2D eigenvalue weighted by Gasteiger charge is 2.42. The molecule has 2 nitrogen and oxygen atoms in total. The molecule has 0 amide bonds. The molecule has 0 aliphatic heterocycles. The fourth-order valence-electron chi connectivity index (χ4n) is 2.38. The van der Waals surface area contributed by atoms with Gasteiger partial charge < -0.3 is 0 Å². The molecule has 1 saturated carbocycles. The highest BCUT2D eigenvalue weighted by molar-refractivity contribution is 6.05. The lowest BCUT2D eigenvalue weighted by molar-refractivity contribution is -0.137. The van der Waals surface area contributed by atoms with Gasteiger partial charge in [0.15, 0.2) is 0 Å². The third-order valence-corrected chi connectivity index (χ3v) is 3.58. The summed E-state index contributed by atoms with van der Waals surface area (Å²) in [7, 11) is 0. The fourth-order valence-corrected chi connectivity index (χ4v) is 2.38. The first-order valence-electron chi connectivity index (χ1n) is 5.62. The Kier molecular flexibility index (Phi) is 2.66. The summed E-state index contributed by atoms with van der Waals surface area (Å²) in [6.45, 7) is 3.89. The normalized spacial score (nSPS) is 24.5. The predicted octanol–water partition coefficient (Wildman–Crippen LogP) is 2.73. The van der Waals surface area contributed by atoms with E-state index in [1.165, 1.54) is 0 Å². The molecule has 1 aliphatic carbocycles. The van der Waals surface area contributed by atoms with Gasteiger partial charge in [-0.25, -0.2) is 0 Å². The predicted molar refractivity (Wildman–Crippen MR) is 62.2 cm³/mol.